The van der Waals surface area contributed by atoms with E-state index in [9.17, 15) is 4.79 Å². The van der Waals surface area contributed by atoms with Gasteiger partial charge in [-0.3, -0.25) is 9.69 Å². The molecule has 33 heavy (non-hydrogen) atoms. The minimum atomic E-state index is -0.149. The van der Waals surface area contributed by atoms with E-state index in [4.69, 9.17) is 37.4 Å². The second-order valence-electron chi connectivity index (χ2n) is 7.91. The van der Waals surface area contributed by atoms with Gasteiger partial charge in [0, 0.05) is 28.7 Å². The highest BCUT2D eigenvalue weighted by molar-refractivity contribution is 6.35. The van der Waals surface area contributed by atoms with Crippen LogP contribution >= 0.6 is 23.2 Å². The summed E-state index contributed by atoms with van der Waals surface area (Å²) in [7, 11) is 1.60. The Labute approximate surface area is 202 Å². The number of rotatable bonds is 5. The van der Waals surface area contributed by atoms with Crippen LogP contribution in [0.3, 0.4) is 0 Å². The van der Waals surface area contributed by atoms with Crippen molar-refractivity contribution >= 4 is 35.1 Å². The van der Waals surface area contributed by atoms with Crippen molar-refractivity contribution in [3.8, 4) is 17.2 Å². The topological polar surface area (TPSA) is 48.0 Å². The van der Waals surface area contributed by atoms with Gasteiger partial charge < -0.3 is 14.2 Å². The number of fused-ring (bicyclic) bond motifs is 3. The number of hydrogen-bond donors (Lipinski definition) is 0. The van der Waals surface area contributed by atoms with Gasteiger partial charge in [0.2, 0.25) is 5.78 Å². The molecule has 5 rings (SSSR count). The van der Waals surface area contributed by atoms with Crippen LogP contribution in [0, 0.1) is 0 Å². The average molecular weight is 482 g/mol. The van der Waals surface area contributed by atoms with E-state index in [1.54, 1.807) is 25.3 Å². The summed E-state index contributed by atoms with van der Waals surface area (Å²) >= 11 is 12.3. The fraction of sp³-hybridized carbons (Fsp3) is 0.192. The lowest BCUT2D eigenvalue weighted by atomic mass is 10.0. The van der Waals surface area contributed by atoms with Crippen molar-refractivity contribution in [2.45, 2.75) is 13.0 Å². The van der Waals surface area contributed by atoms with E-state index < -0.39 is 0 Å². The highest BCUT2D eigenvalue weighted by Crippen LogP contribution is 2.42. The van der Waals surface area contributed by atoms with E-state index in [1.165, 1.54) is 0 Å². The van der Waals surface area contributed by atoms with Crippen LogP contribution in [-0.2, 0) is 13.0 Å². The lowest BCUT2D eigenvalue weighted by Gasteiger charge is -2.29. The van der Waals surface area contributed by atoms with Gasteiger partial charge in [-0.15, -0.1) is 0 Å². The normalized spacial score (nSPS) is 16.2. The largest absolute Gasteiger partial charge is 0.496 e. The van der Waals surface area contributed by atoms with Gasteiger partial charge in [-0.25, -0.2) is 0 Å². The lowest BCUT2D eigenvalue weighted by molar-refractivity contribution is 0.0950. The maximum absolute atomic E-state index is 13.0. The summed E-state index contributed by atoms with van der Waals surface area (Å²) in [6.07, 6.45) is 2.47. The highest BCUT2D eigenvalue weighted by atomic mass is 35.5. The molecule has 0 unspecified atom stereocenters. The number of carbonyl (C=O) groups is 1. The predicted octanol–water partition coefficient (Wildman–Crippen LogP) is 6.01. The number of allylic oxidation sites excluding steroid dienone is 1. The summed E-state index contributed by atoms with van der Waals surface area (Å²) in [6, 6.07) is 16.6. The van der Waals surface area contributed by atoms with Gasteiger partial charge in [-0.2, -0.15) is 0 Å². The number of hydrogen-bond acceptors (Lipinski definition) is 5. The number of nitrogens with zero attached hydrogens (tertiary/aromatic N) is 1. The van der Waals surface area contributed by atoms with E-state index in [-0.39, 0.29) is 11.5 Å². The third-order valence-corrected chi connectivity index (χ3v) is 6.41. The van der Waals surface area contributed by atoms with E-state index in [2.05, 4.69) is 4.90 Å². The van der Waals surface area contributed by atoms with Crippen molar-refractivity contribution in [2.75, 3.05) is 20.4 Å². The summed E-state index contributed by atoms with van der Waals surface area (Å²) in [5.41, 5.74) is 3.22. The van der Waals surface area contributed by atoms with Crippen LogP contribution in [0.2, 0.25) is 10.0 Å². The summed E-state index contributed by atoms with van der Waals surface area (Å²) in [6.45, 7) is 1.80. The second kappa shape index (κ2) is 9.10. The number of ketones is 1. The second-order valence-corrected chi connectivity index (χ2v) is 8.76. The van der Waals surface area contributed by atoms with Gasteiger partial charge in [0.05, 0.1) is 18.2 Å². The Balaban J connectivity index is 1.37. The summed E-state index contributed by atoms with van der Waals surface area (Å²) < 4.78 is 17.4. The van der Waals surface area contributed by atoms with Crippen LogP contribution in [0.25, 0.3) is 6.08 Å². The van der Waals surface area contributed by atoms with E-state index >= 15 is 0 Å². The van der Waals surface area contributed by atoms with Gasteiger partial charge in [0.25, 0.3) is 0 Å². The third-order valence-electron chi connectivity index (χ3n) is 5.82. The van der Waals surface area contributed by atoms with Crippen LogP contribution in [0.15, 0.2) is 60.4 Å². The smallest absolute Gasteiger partial charge is 0.231 e. The number of benzene rings is 3. The van der Waals surface area contributed by atoms with Gasteiger partial charge >= 0.3 is 0 Å². The van der Waals surface area contributed by atoms with E-state index in [0.29, 0.717) is 40.4 Å². The molecule has 0 radical (unpaired) electrons. The quantitative estimate of drug-likeness (QED) is 0.417. The molecule has 0 saturated heterocycles. The fourth-order valence-corrected chi connectivity index (χ4v) is 4.58. The molecular formula is C26H21Cl2NO4. The standard InChI is InChI=1S/C26H21Cl2NO4/c1-31-22-5-3-2-4-17(22)12-24-25(30)19-8-9-23-20(26(19)33-24)14-29(15-32-23)11-10-16-6-7-18(27)13-21(16)28/h2-9,12-13H,10-11,14-15H2,1H3/b24-12-. The first-order valence-electron chi connectivity index (χ1n) is 10.6. The number of ether oxygens (including phenoxy) is 3. The minimum absolute atomic E-state index is 0.149. The van der Waals surface area contributed by atoms with Crippen LogP contribution in [0.4, 0.5) is 0 Å². The Kier molecular flexibility index (Phi) is 6.02. The first-order chi connectivity index (χ1) is 16.0. The van der Waals surface area contributed by atoms with Crippen molar-refractivity contribution in [3.63, 3.8) is 0 Å². The molecule has 0 fully saturated rings. The Morgan fingerprint density at radius 1 is 1.12 bits per heavy atom. The Hall–Kier alpha value is -2.99. The molecule has 2 aliphatic heterocycles. The predicted molar refractivity (Wildman–Crippen MR) is 128 cm³/mol. The molecule has 0 bridgehead atoms. The Morgan fingerprint density at radius 2 is 1.97 bits per heavy atom. The highest BCUT2D eigenvalue weighted by Gasteiger charge is 2.33. The van der Waals surface area contributed by atoms with E-state index in [1.807, 2.05) is 42.5 Å². The van der Waals surface area contributed by atoms with Gasteiger partial charge in [0.1, 0.15) is 24.0 Å². The van der Waals surface area contributed by atoms with Crippen molar-refractivity contribution in [1.82, 2.24) is 4.90 Å². The van der Waals surface area contributed by atoms with Crippen LogP contribution in [-0.4, -0.2) is 31.1 Å². The van der Waals surface area contributed by atoms with Gasteiger partial charge in [-0.1, -0.05) is 47.5 Å². The van der Waals surface area contributed by atoms with Gasteiger partial charge in [-0.05, 0) is 48.4 Å². The number of para-hydroxylation sites is 1. The molecule has 3 aromatic rings. The molecule has 7 heteroatoms. The first kappa shape index (κ1) is 21.8. The number of carbonyl (C=O) groups excluding carboxylic acids is 1. The summed E-state index contributed by atoms with van der Waals surface area (Å²) in [5.74, 6) is 2.10. The lowest BCUT2D eigenvalue weighted by Crippen LogP contribution is -2.33. The maximum Gasteiger partial charge on any atom is 0.231 e. The van der Waals surface area contributed by atoms with Crippen LogP contribution in [0.1, 0.15) is 27.0 Å². The minimum Gasteiger partial charge on any atom is -0.496 e. The molecular weight excluding hydrogens is 461 g/mol. The monoisotopic (exact) mass is 481 g/mol. The Bertz CT molecular complexity index is 1270. The van der Waals surface area contributed by atoms with Gasteiger partial charge in [0.15, 0.2) is 5.76 Å². The third kappa shape index (κ3) is 4.32. The van der Waals surface area contributed by atoms with E-state index in [0.717, 1.165) is 35.4 Å². The zero-order valence-electron chi connectivity index (χ0n) is 17.9. The molecule has 5 nitrogen and oxygen atoms in total. The molecule has 2 heterocycles. The Morgan fingerprint density at radius 3 is 2.79 bits per heavy atom. The zero-order chi connectivity index (χ0) is 22.9. The molecule has 0 aliphatic carbocycles. The molecule has 3 aromatic carbocycles. The molecule has 0 aromatic heterocycles. The zero-order valence-corrected chi connectivity index (χ0v) is 19.4. The van der Waals surface area contributed by atoms with Crippen LogP contribution < -0.4 is 14.2 Å². The summed E-state index contributed by atoms with van der Waals surface area (Å²) in [4.78, 5) is 15.2. The number of methoxy groups -OCH3 is 1. The molecule has 2 aliphatic rings. The molecule has 0 atom stereocenters. The van der Waals surface area contributed by atoms with Crippen molar-refractivity contribution in [3.05, 3.63) is 92.7 Å². The fourth-order valence-electron chi connectivity index (χ4n) is 4.08. The number of halogens is 2. The van der Waals surface area contributed by atoms with Crippen molar-refractivity contribution in [1.29, 1.82) is 0 Å². The van der Waals surface area contributed by atoms with Crippen molar-refractivity contribution < 1.29 is 19.0 Å². The molecule has 0 N–H and O–H groups in total. The average Bonchev–Trinajstić information content (AvgIpc) is 3.14. The number of Topliss-reactive ketones (excluding diaryl/α,β-unsaturated/α-hetero) is 1. The molecule has 0 spiro atoms. The molecule has 0 saturated carbocycles. The van der Waals surface area contributed by atoms with Crippen molar-refractivity contribution in [2.24, 2.45) is 0 Å². The SMILES string of the molecule is COc1ccccc1/C=C1\Oc2c(ccc3c2CN(CCc2ccc(Cl)cc2Cl)CO3)C1=O. The molecule has 0 amide bonds. The maximum atomic E-state index is 13.0. The summed E-state index contributed by atoms with van der Waals surface area (Å²) in [5, 5.41) is 1.27. The molecule has 168 valence electrons. The first-order valence-corrected chi connectivity index (χ1v) is 11.3. The van der Waals surface area contributed by atoms with Crippen LogP contribution in [0.5, 0.6) is 17.2 Å².